The van der Waals surface area contributed by atoms with E-state index in [9.17, 15) is 0 Å². The number of thiazole rings is 1. The highest BCUT2D eigenvalue weighted by Gasteiger charge is 2.39. The van der Waals surface area contributed by atoms with E-state index in [1.165, 1.54) is 17.7 Å². The first kappa shape index (κ1) is 16.9. The van der Waals surface area contributed by atoms with Gasteiger partial charge in [-0.05, 0) is 38.1 Å². The summed E-state index contributed by atoms with van der Waals surface area (Å²) in [6, 6.07) is 0. The minimum atomic E-state index is -0.176. The Bertz CT molecular complexity index is 439. The van der Waals surface area contributed by atoms with Gasteiger partial charge < -0.3 is 14.8 Å². The van der Waals surface area contributed by atoms with Crippen LogP contribution in [0.25, 0.3) is 0 Å². The molecule has 0 unspecified atom stereocenters. The number of nitrogens with zero attached hydrogens (tertiary/aromatic N) is 1. The second kappa shape index (κ2) is 7.68. The number of aromatic nitrogens is 1. The fraction of sp³-hybridized carbons (Fsp3) is 0.812. The highest BCUT2D eigenvalue weighted by Crippen LogP contribution is 2.44. The maximum atomic E-state index is 5.95. The Morgan fingerprint density at radius 2 is 2.05 bits per heavy atom. The Labute approximate surface area is 132 Å². The minimum absolute atomic E-state index is 0.176. The van der Waals surface area contributed by atoms with Crippen LogP contribution < -0.4 is 5.32 Å². The fourth-order valence-corrected chi connectivity index (χ4v) is 4.20. The molecular weight excluding hydrogens is 284 g/mol. The summed E-state index contributed by atoms with van der Waals surface area (Å²) >= 11 is 1.79. The maximum absolute atomic E-state index is 5.95. The molecule has 1 aromatic heterocycles. The summed E-state index contributed by atoms with van der Waals surface area (Å²) in [5.41, 5.74) is 0.887. The third-order valence-corrected chi connectivity index (χ3v) is 5.74. The van der Waals surface area contributed by atoms with E-state index in [1.807, 2.05) is 7.11 Å². The van der Waals surface area contributed by atoms with Crippen LogP contribution in [0.5, 0.6) is 0 Å². The lowest BCUT2D eigenvalue weighted by atomic mass is 9.80. The molecule has 21 heavy (non-hydrogen) atoms. The van der Waals surface area contributed by atoms with Crippen LogP contribution in [0.1, 0.15) is 55.1 Å². The van der Waals surface area contributed by atoms with E-state index in [0.717, 1.165) is 42.6 Å². The Morgan fingerprint density at radius 1 is 1.33 bits per heavy atom. The molecule has 0 spiro atoms. The van der Waals surface area contributed by atoms with E-state index in [1.54, 1.807) is 18.4 Å². The van der Waals surface area contributed by atoms with E-state index in [0.29, 0.717) is 6.61 Å². The molecule has 1 saturated carbocycles. The molecular formula is C16H28N2O2S. The SMILES string of the molecule is CCNCc1sc(C2(OC)CCC(C)CC2)nc1COC. The van der Waals surface area contributed by atoms with Crippen molar-refractivity contribution in [2.24, 2.45) is 5.92 Å². The van der Waals surface area contributed by atoms with Crippen LogP contribution in [0, 0.1) is 5.92 Å². The molecule has 1 N–H and O–H groups in total. The molecule has 2 rings (SSSR count). The molecule has 1 aromatic rings. The van der Waals surface area contributed by atoms with Gasteiger partial charge in [-0.1, -0.05) is 13.8 Å². The Balaban J connectivity index is 2.24. The number of ether oxygens (including phenoxy) is 2. The van der Waals surface area contributed by atoms with Gasteiger partial charge >= 0.3 is 0 Å². The quantitative estimate of drug-likeness (QED) is 0.837. The molecule has 1 aliphatic carbocycles. The van der Waals surface area contributed by atoms with Crippen molar-refractivity contribution in [2.75, 3.05) is 20.8 Å². The van der Waals surface area contributed by atoms with Gasteiger partial charge in [0.2, 0.25) is 0 Å². The monoisotopic (exact) mass is 312 g/mol. The lowest BCUT2D eigenvalue weighted by Crippen LogP contribution is -2.33. The second-order valence-corrected chi connectivity index (χ2v) is 7.07. The van der Waals surface area contributed by atoms with Gasteiger partial charge in [0, 0.05) is 25.6 Å². The van der Waals surface area contributed by atoms with Gasteiger partial charge in [0.05, 0.1) is 12.3 Å². The number of methoxy groups -OCH3 is 2. The average molecular weight is 312 g/mol. The van der Waals surface area contributed by atoms with Crippen LogP contribution in [0.3, 0.4) is 0 Å². The van der Waals surface area contributed by atoms with Crippen LogP contribution in [-0.2, 0) is 28.2 Å². The van der Waals surface area contributed by atoms with Crippen LogP contribution in [0.4, 0.5) is 0 Å². The lowest BCUT2D eigenvalue weighted by molar-refractivity contribution is -0.0532. The lowest BCUT2D eigenvalue weighted by Gasteiger charge is -2.36. The second-order valence-electron chi connectivity index (χ2n) is 5.98. The van der Waals surface area contributed by atoms with Crippen molar-refractivity contribution in [2.45, 2.75) is 58.3 Å². The summed E-state index contributed by atoms with van der Waals surface area (Å²) in [5.74, 6) is 0.799. The van der Waals surface area contributed by atoms with E-state index in [2.05, 4.69) is 19.2 Å². The predicted molar refractivity (Wildman–Crippen MR) is 86.5 cm³/mol. The Morgan fingerprint density at radius 3 is 2.62 bits per heavy atom. The molecule has 1 fully saturated rings. The topological polar surface area (TPSA) is 43.4 Å². The number of rotatable bonds is 7. The zero-order valence-electron chi connectivity index (χ0n) is 13.7. The zero-order chi connectivity index (χ0) is 15.3. The van der Waals surface area contributed by atoms with Crippen LogP contribution in [-0.4, -0.2) is 25.7 Å². The largest absolute Gasteiger partial charge is 0.378 e. The highest BCUT2D eigenvalue weighted by atomic mass is 32.1. The van der Waals surface area contributed by atoms with E-state index >= 15 is 0 Å². The molecule has 0 radical (unpaired) electrons. The standard InChI is InChI=1S/C16H28N2O2S/c1-5-17-10-14-13(11-19-3)18-15(21-14)16(20-4)8-6-12(2)7-9-16/h12,17H,5-11H2,1-4H3. The molecule has 1 heterocycles. The minimum Gasteiger partial charge on any atom is -0.378 e. The first-order chi connectivity index (χ1) is 10.1. The first-order valence-electron chi connectivity index (χ1n) is 7.89. The summed E-state index contributed by atoms with van der Waals surface area (Å²) < 4.78 is 11.3. The summed E-state index contributed by atoms with van der Waals surface area (Å²) in [6.07, 6.45) is 4.58. The van der Waals surface area contributed by atoms with Crippen LogP contribution >= 0.6 is 11.3 Å². The third kappa shape index (κ3) is 3.83. The molecule has 0 saturated heterocycles. The van der Waals surface area contributed by atoms with Crippen LogP contribution in [0.15, 0.2) is 0 Å². The third-order valence-electron chi connectivity index (χ3n) is 4.46. The molecule has 0 bridgehead atoms. The van der Waals surface area contributed by atoms with Gasteiger partial charge in [0.15, 0.2) is 0 Å². The van der Waals surface area contributed by atoms with Crippen molar-refractivity contribution in [3.63, 3.8) is 0 Å². The van der Waals surface area contributed by atoms with E-state index < -0.39 is 0 Å². The summed E-state index contributed by atoms with van der Waals surface area (Å²) in [5, 5.41) is 4.53. The molecule has 120 valence electrons. The van der Waals surface area contributed by atoms with E-state index in [4.69, 9.17) is 14.5 Å². The fourth-order valence-electron chi connectivity index (χ4n) is 2.94. The van der Waals surface area contributed by atoms with Crippen molar-refractivity contribution in [3.05, 3.63) is 15.6 Å². The number of hydrogen-bond donors (Lipinski definition) is 1. The smallest absolute Gasteiger partial charge is 0.125 e. The van der Waals surface area contributed by atoms with Gasteiger partial charge in [-0.3, -0.25) is 0 Å². The molecule has 0 aromatic carbocycles. The van der Waals surface area contributed by atoms with E-state index in [-0.39, 0.29) is 5.60 Å². The van der Waals surface area contributed by atoms with Crippen molar-refractivity contribution in [1.29, 1.82) is 0 Å². The Kier molecular flexibility index (Phi) is 6.17. The van der Waals surface area contributed by atoms with Gasteiger partial charge in [-0.25, -0.2) is 4.98 Å². The molecule has 5 heteroatoms. The van der Waals surface area contributed by atoms with Crippen LogP contribution in [0.2, 0.25) is 0 Å². The van der Waals surface area contributed by atoms with Crippen molar-refractivity contribution in [1.82, 2.24) is 10.3 Å². The van der Waals surface area contributed by atoms with Crippen molar-refractivity contribution < 1.29 is 9.47 Å². The highest BCUT2D eigenvalue weighted by molar-refractivity contribution is 7.11. The van der Waals surface area contributed by atoms with Gasteiger partial charge in [-0.15, -0.1) is 11.3 Å². The summed E-state index contributed by atoms with van der Waals surface area (Å²) in [7, 11) is 3.56. The number of nitrogens with one attached hydrogen (secondary N) is 1. The normalized spacial score (nSPS) is 26.2. The summed E-state index contributed by atoms with van der Waals surface area (Å²) in [6.45, 7) is 6.86. The van der Waals surface area contributed by atoms with Gasteiger partial charge in [0.25, 0.3) is 0 Å². The molecule has 0 aliphatic heterocycles. The van der Waals surface area contributed by atoms with Crippen molar-refractivity contribution in [3.8, 4) is 0 Å². The summed E-state index contributed by atoms with van der Waals surface area (Å²) in [4.78, 5) is 6.15. The Hall–Kier alpha value is -0.490. The average Bonchev–Trinajstić information content (AvgIpc) is 2.90. The predicted octanol–water partition coefficient (Wildman–Crippen LogP) is 3.45. The van der Waals surface area contributed by atoms with Crippen molar-refractivity contribution >= 4 is 11.3 Å². The molecule has 4 nitrogen and oxygen atoms in total. The first-order valence-corrected chi connectivity index (χ1v) is 8.70. The number of hydrogen-bond acceptors (Lipinski definition) is 5. The maximum Gasteiger partial charge on any atom is 0.125 e. The molecule has 1 aliphatic rings. The molecule has 0 atom stereocenters. The van der Waals surface area contributed by atoms with Gasteiger partial charge in [-0.2, -0.15) is 0 Å². The molecule has 0 amide bonds. The zero-order valence-corrected chi connectivity index (χ0v) is 14.5. The van der Waals surface area contributed by atoms with Gasteiger partial charge in [0.1, 0.15) is 10.6 Å².